The second kappa shape index (κ2) is 9.07. The third kappa shape index (κ3) is 4.01. The van der Waals surface area contributed by atoms with Gasteiger partial charge < -0.3 is 10.2 Å². The van der Waals surface area contributed by atoms with E-state index in [2.05, 4.69) is 45.9 Å². The molecular formula is C32H48O2. The summed E-state index contributed by atoms with van der Waals surface area (Å²) in [4.78, 5) is 0. The van der Waals surface area contributed by atoms with Gasteiger partial charge in [0.1, 0.15) is 0 Å². The molecule has 3 fully saturated rings. The molecule has 0 aliphatic heterocycles. The van der Waals surface area contributed by atoms with Crippen LogP contribution in [0.15, 0.2) is 42.0 Å². The van der Waals surface area contributed by atoms with Gasteiger partial charge in [0.2, 0.25) is 0 Å². The van der Waals surface area contributed by atoms with Crippen LogP contribution in [0.3, 0.4) is 0 Å². The monoisotopic (exact) mass is 464 g/mol. The van der Waals surface area contributed by atoms with Gasteiger partial charge in [-0.05, 0) is 117 Å². The second-order valence-corrected chi connectivity index (χ2v) is 13.2. The number of fused-ring (bicyclic) bond motifs is 5. The van der Waals surface area contributed by atoms with Gasteiger partial charge in [-0.15, -0.1) is 0 Å². The van der Waals surface area contributed by atoms with Gasteiger partial charge in [0.05, 0.1) is 11.7 Å². The summed E-state index contributed by atoms with van der Waals surface area (Å²) in [7, 11) is 0. The lowest BCUT2D eigenvalue weighted by Crippen LogP contribution is -2.52. The summed E-state index contributed by atoms with van der Waals surface area (Å²) in [5.41, 5.74) is 2.96. The largest absolute Gasteiger partial charge is 0.390 e. The number of allylic oxidation sites excluding steroid dienone is 1. The van der Waals surface area contributed by atoms with Gasteiger partial charge in [-0.2, -0.15) is 0 Å². The summed E-state index contributed by atoms with van der Waals surface area (Å²) in [5, 5.41) is 21.8. The molecule has 1 aromatic carbocycles. The van der Waals surface area contributed by atoms with Crippen LogP contribution in [0.1, 0.15) is 110 Å². The van der Waals surface area contributed by atoms with Crippen molar-refractivity contribution in [2.75, 3.05) is 0 Å². The summed E-state index contributed by atoms with van der Waals surface area (Å²) in [6.07, 6.45) is 14.9. The highest BCUT2D eigenvalue weighted by molar-refractivity contribution is 5.27. The fourth-order valence-electron chi connectivity index (χ4n) is 9.45. The highest BCUT2D eigenvalue weighted by Gasteiger charge is 2.59. The molecule has 1 aromatic rings. The van der Waals surface area contributed by atoms with Crippen molar-refractivity contribution in [3.8, 4) is 0 Å². The molecule has 0 unspecified atom stereocenters. The molecule has 0 amide bonds. The van der Waals surface area contributed by atoms with Gasteiger partial charge in [0, 0.05) is 0 Å². The van der Waals surface area contributed by atoms with Crippen molar-refractivity contribution in [2.24, 2.45) is 40.4 Å². The van der Waals surface area contributed by atoms with E-state index in [1.807, 2.05) is 18.2 Å². The predicted octanol–water partition coefficient (Wildman–Crippen LogP) is 7.86. The van der Waals surface area contributed by atoms with Crippen LogP contribution in [0.5, 0.6) is 0 Å². The van der Waals surface area contributed by atoms with Crippen molar-refractivity contribution in [2.45, 2.75) is 110 Å². The van der Waals surface area contributed by atoms with Crippen LogP contribution in [0.4, 0.5) is 0 Å². The average Bonchev–Trinajstić information content (AvgIpc) is 3.20. The minimum atomic E-state index is -0.459. The summed E-state index contributed by atoms with van der Waals surface area (Å²) >= 11 is 0. The van der Waals surface area contributed by atoms with Crippen LogP contribution in [-0.2, 0) is 0 Å². The van der Waals surface area contributed by atoms with E-state index in [0.717, 1.165) is 61.3 Å². The topological polar surface area (TPSA) is 40.5 Å². The minimum Gasteiger partial charge on any atom is -0.390 e. The molecule has 188 valence electrons. The lowest BCUT2D eigenvalue weighted by molar-refractivity contribution is -0.0757. The summed E-state index contributed by atoms with van der Waals surface area (Å²) < 4.78 is 0. The first-order valence-electron chi connectivity index (χ1n) is 14.3. The van der Waals surface area contributed by atoms with Gasteiger partial charge in [-0.1, -0.05) is 69.7 Å². The van der Waals surface area contributed by atoms with E-state index in [4.69, 9.17) is 0 Å². The summed E-state index contributed by atoms with van der Waals surface area (Å²) in [6.45, 7) is 9.80. The van der Waals surface area contributed by atoms with Gasteiger partial charge >= 0.3 is 0 Å². The van der Waals surface area contributed by atoms with Crippen molar-refractivity contribution in [1.82, 2.24) is 0 Å². The zero-order chi connectivity index (χ0) is 24.1. The number of hydrogen-bond acceptors (Lipinski definition) is 2. The first-order chi connectivity index (χ1) is 16.2. The van der Waals surface area contributed by atoms with Crippen LogP contribution < -0.4 is 0 Å². The first-order valence-corrected chi connectivity index (χ1v) is 14.3. The van der Waals surface area contributed by atoms with Crippen LogP contribution in [0, 0.1) is 40.4 Å². The highest BCUT2D eigenvalue weighted by atomic mass is 16.3. The normalized spacial score (nSPS) is 43.3. The molecule has 0 saturated heterocycles. The maximum absolute atomic E-state index is 11.0. The zero-order valence-electron chi connectivity index (χ0n) is 22.1. The van der Waals surface area contributed by atoms with Gasteiger partial charge in [-0.25, -0.2) is 0 Å². The van der Waals surface area contributed by atoms with E-state index in [0.29, 0.717) is 16.7 Å². The molecule has 4 aliphatic carbocycles. The highest BCUT2D eigenvalue weighted by Crippen LogP contribution is 2.67. The number of benzene rings is 1. The van der Waals surface area contributed by atoms with E-state index in [1.165, 1.54) is 38.5 Å². The number of aliphatic hydroxyl groups excluding tert-OH is 1. The Balaban J connectivity index is 1.28. The molecule has 2 heteroatoms. The van der Waals surface area contributed by atoms with Crippen molar-refractivity contribution in [3.05, 3.63) is 47.5 Å². The Morgan fingerprint density at radius 3 is 2.47 bits per heavy atom. The maximum atomic E-state index is 11.0. The molecular weight excluding hydrogens is 416 g/mol. The molecule has 5 rings (SSSR count). The molecule has 0 spiro atoms. The van der Waals surface area contributed by atoms with E-state index >= 15 is 0 Å². The third-order valence-electron chi connectivity index (χ3n) is 11.8. The van der Waals surface area contributed by atoms with Crippen molar-refractivity contribution in [3.63, 3.8) is 0 Å². The fraction of sp³-hybridized carbons (Fsp3) is 0.750. The van der Waals surface area contributed by atoms with E-state index in [9.17, 15) is 10.2 Å². The number of aliphatic hydroxyl groups is 2. The Morgan fingerprint density at radius 1 is 0.971 bits per heavy atom. The fourth-order valence-corrected chi connectivity index (χ4v) is 9.45. The summed E-state index contributed by atoms with van der Waals surface area (Å²) in [5.74, 6) is 3.94. The molecule has 0 heterocycles. The zero-order valence-corrected chi connectivity index (χ0v) is 22.1. The third-order valence-corrected chi connectivity index (χ3v) is 11.8. The van der Waals surface area contributed by atoms with Gasteiger partial charge in [-0.3, -0.25) is 0 Å². The Bertz CT molecular complexity index is 892. The Hall–Kier alpha value is -1.12. The predicted molar refractivity (Wildman–Crippen MR) is 140 cm³/mol. The average molecular weight is 465 g/mol. The molecule has 2 N–H and O–H groups in total. The second-order valence-electron chi connectivity index (χ2n) is 13.2. The van der Waals surface area contributed by atoms with Gasteiger partial charge in [0.25, 0.3) is 0 Å². The SMILES string of the molecule is CC[C@]1(O)CC[C@@]2(C)C(=CC[C@H]3[C@@H]4CC[C@H]([C@H](C)CC[C@H](O)c5ccccc5)[C@@]4(C)CC[C@@H]32)C1. The molecule has 34 heavy (non-hydrogen) atoms. The van der Waals surface area contributed by atoms with Crippen molar-refractivity contribution in [1.29, 1.82) is 0 Å². The molecule has 0 aromatic heterocycles. The maximum Gasteiger partial charge on any atom is 0.0790 e. The lowest BCUT2D eigenvalue weighted by Gasteiger charge is -2.59. The first kappa shape index (κ1) is 24.6. The quantitative estimate of drug-likeness (QED) is 0.421. The van der Waals surface area contributed by atoms with Crippen LogP contribution in [0.25, 0.3) is 0 Å². The smallest absolute Gasteiger partial charge is 0.0790 e. The molecule has 9 atom stereocenters. The van der Waals surface area contributed by atoms with Crippen LogP contribution in [-0.4, -0.2) is 15.8 Å². The molecule has 0 bridgehead atoms. The van der Waals surface area contributed by atoms with Gasteiger partial charge in [0.15, 0.2) is 0 Å². The van der Waals surface area contributed by atoms with E-state index in [1.54, 1.807) is 5.57 Å². The van der Waals surface area contributed by atoms with E-state index < -0.39 is 5.60 Å². The number of rotatable bonds is 6. The lowest BCUT2D eigenvalue weighted by atomic mass is 9.46. The Labute approximate surface area is 208 Å². The summed E-state index contributed by atoms with van der Waals surface area (Å²) in [6, 6.07) is 10.2. The molecule has 3 saturated carbocycles. The molecule has 0 radical (unpaired) electrons. The molecule has 2 nitrogen and oxygen atoms in total. The minimum absolute atomic E-state index is 0.315. The number of hydrogen-bond donors (Lipinski definition) is 2. The standard InChI is InChI=1S/C32H48O2/c1-5-32(34)20-19-30(3)24(21-32)12-13-25-27-15-14-26(31(27,4)18-17-28(25)30)22(2)11-16-29(33)23-9-7-6-8-10-23/h6-10,12,22,25-29,33-34H,5,11,13-21H2,1-4H3/t22-,25+,26-,27+,28+,29+,30+,31-,32+/m1/s1. The van der Waals surface area contributed by atoms with Crippen LogP contribution >= 0.6 is 0 Å². The Morgan fingerprint density at radius 2 is 1.74 bits per heavy atom. The van der Waals surface area contributed by atoms with Crippen molar-refractivity contribution < 1.29 is 10.2 Å². The Kier molecular flexibility index (Phi) is 6.56. The van der Waals surface area contributed by atoms with Crippen LogP contribution in [0.2, 0.25) is 0 Å². The van der Waals surface area contributed by atoms with Crippen molar-refractivity contribution >= 4 is 0 Å². The molecule has 4 aliphatic rings. The van der Waals surface area contributed by atoms with E-state index in [-0.39, 0.29) is 6.10 Å².